The topological polar surface area (TPSA) is 83.1 Å². The summed E-state index contributed by atoms with van der Waals surface area (Å²) >= 11 is 0. The van der Waals surface area contributed by atoms with Gasteiger partial charge in [-0.3, -0.25) is 0 Å². The summed E-state index contributed by atoms with van der Waals surface area (Å²) in [4.78, 5) is 10.9. The van der Waals surface area contributed by atoms with Crippen molar-refractivity contribution < 1.29 is 14.3 Å². The summed E-state index contributed by atoms with van der Waals surface area (Å²) in [5.74, 6) is 0.351. The van der Waals surface area contributed by atoms with Crippen LogP contribution in [-0.4, -0.2) is 19.2 Å². The van der Waals surface area contributed by atoms with Crippen LogP contribution in [0.3, 0.4) is 0 Å². The van der Waals surface area contributed by atoms with E-state index in [1.807, 2.05) is 42.5 Å². The molecule has 0 radical (unpaired) electrons. The second-order valence-corrected chi connectivity index (χ2v) is 5.86. The van der Waals surface area contributed by atoms with Crippen LogP contribution in [0.4, 0.5) is 0 Å². The molecule has 0 saturated carbocycles. The molecule has 140 valence electrons. The molecule has 5 nitrogen and oxygen atoms in total. The van der Waals surface area contributed by atoms with Crippen LogP contribution in [0.1, 0.15) is 35.1 Å². The predicted molar refractivity (Wildman–Crippen MR) is 107 cm³/mol. The molecule has 0 spiro atoms. The largest absolute Gasteiger partial charge is 0.494 e. The fourth-order valence-electron chi connectivity index (χ4n) is 2.35. The van der Waals surface area contributed by atoms with E-state index in [-0.39, 0.29) is 0 Å². The standard InChI is InChI=1S/C23H20N2O3/c1-2-23(26)28-14-4-3-13-27-22-11-7-18(8-12-22)5-9-20-10-6-19(16-24)15-21(20)17-25/h2,5-12,15H,1,3-4,13-14H2. The average Bonchev–Trinajstić information content (AvgIpc) is 2.75. The monoisotopic (exact) mass is 372 g/mol. The van der Waals surface area contributed by atoms with Gasteiger partial charge < -0.3 is 9.47 Å². The molecule has 2 aromatic rings. The van der Waals surface area contributed by atoms with E-state index in [9.17, 15) is 10.1 Å². The highest BCUT2D eigenvalue weighted by molar-refractivity contribution is 5.81. The lowest BCUT2D eigenvalue weighted by atomic mass is 10.0. The van der Waals surface area contributed by atoms with Crippen molar-refractivity contribution in [1.29, 1.82) is 10.5 Å². The van der Waals surface area contributed by atoms with E-state index < -0.39 is 5.97 Å². The van der Waals surface area contributed by atoms with Gasteiger partial charge in [0.2, 0.25) is 0 Å². The first kappa shape index (κ1) is 20.5. The van der Waals surface area contributed by atoms with Gasteiger partial charge in [-0.05, 0) is 48.2 Å². The lowest BCUT2D eigenvalue weighted by molar-refractivity contribution is -0.137. The van der Waals surface area contributed by atoms with E-state index in [1.54, 1.807) is 18.2 Å². The van der Waals surface area contributed by atoms with Crippen molar-refractivity contribution in [2.75, 3.05) is 13.2 Å². The number of hydrogen-bond donors (Lipinski definition) is 0. The molecule has 0 aromatic heterocycles. The molecule has 0 amide bonds. The Kier molecular flexibility index (Phi) is 8.05. The predicted octanol–water partition coefficient (Wildman–Crippen LogP) is 4.49. The summed E-state index contributed by atoms with van der Waals surface area (Å²) < 4.78 is 10.6. The van der Waals surface area contributed by atoms with E-state index in [0.29, 0.717) is 24.3 Å². The van der Waals surface area contributed by atoms with Crippen LogP contribution in [0.5, 0.6) is 5.75 Å². The Labute approximate surface area is 164 Å². The molecule has 2 aromatic carbocycles. The maximum absolute atomic E-state index is 10.9. The van der Waals surface area contributed by atoms with E-state index >= 15 is 0 Å². The van der Waals surface area contributed by atoms with Crippen molar-refractivity contribution >= 4 is 18.1 Å². The summed E-state index contributed by atoms with van der Waals surface area (Å²) in [6, 6.07) is 16.8. The Morgan fingerprint density at radius 2 is 1.75 bits per heavy atom. The van der Waals surface area contributed by atoms with Crippen molar-refractivity contribution in [3.8, 4) is 17.9 Å². The number of carbonyl (C=O) groups is 1. The Bertz CT molecular complexity index is 932. The molecule has 0 unspecified atom stereocenters. The number of hydrogen-bond acceptors (Lipinski definition) is 5. The lowest BCUT2D eigenvalue weighted by Gasteiger charge is -2.06. The van der Waals surface area contributed by atoms with Gasteiger partial charge in [-0.25, -0.2) is 4.79 Å². The molecule has 2 rings (SSSR count). The molecule has 0 bridgehead atoms. The quantitative estimate of drug-likeness (QED) is 0.280. The smallest absolute Gasteiger partial charge is 0.330 e. The fourth-order valence-corrected chi connectivity index (χ4v) is 2.35. The number of rotatable bonds is 9. The van der Waals surface area contributed by atoms with Crippen LogP contribution in [0, 0.1) is 22.7 Å². The van der Waals surface area contributed by atoms with Crippen molar-refractivity contribution in [2.24, 2.45) is 0 Å². The van der Waals surface area contributed by atoms with E-state index in [0.717, 1.165) is 35.8 Å². The number of nitrogens with zero attached hydrogens (tertiary/aromatic N) is 2. The normalized spacial score (nSPS) is 10.1. The molecule has 0 aliphatic rings. The first-order valence-corrected chi connectivity index (χ1v) is 8.80. The van der Waals surface area contributed by atoms with Crippen LogP contribution < -0.4 is 4.74 Å². The second kappa shape index (κ2) is 11.0. The second-order valence-electron chi connectivity index (χ2n) is 5.86. The average molecular weight is 372 g/mol. The van der Waals surface area contributed by atoms with E-state index in [2.05, 4.69) is 12.6 Å². The minimum absolute atomic E-state index is 0.359. The summed E-state index contributed by atoms with van der Waals surface area (Å²) in [6.07, 6.45) is 6.41. The SMILES string of the molecule is C=CC(=O)OCCCCOc1ccc(C=Cc2ccc(C#N)cc2C#N)cc1. The third-order valence-electron chi connectivity index (χ3n) is 3.86. The maximum atomic E-state index is 10.9. The summed E-state index contributed by atoms with van der Waals surface area (Å²) in [5.41, 5.74) is 2.67. The van der Waals surface area contributed by atoms with Gasteiger partial charge >= 0.3 is 5.97 Å². The number of unbranched alkanes of at least 4 members (excludes halogenated alkanes) is 1. The Morgan fingerprint density at radius 3 is 2.43 bits per heavy atom. The highest BCUT2D eigenvalue weighted by Gasteiger charge is 2.01. The van der Waals surface area contributed by atoms with Crippen molar-refractivity contribution in [2.45, 2.75) is 12.8 Å². The van der Waals surface area contributed by atoms with E-state index in [4.69, 9.17) is 14.7 Å². The molecule has 5 heteroatoms. The summed E-state index contributed by atoms with van der Waals surface area (Å²) in [5, 5.41) is 18.1. The van der Waals surface area contributed by atoms with Gasteiger partial charge in [0.1, 0.15) is 5.75 Å². The molecule has 0 aliphatic heterocycles. The Morgan fingerprint density at radius 1 is 1.00 bits per heavy atom. The summed E-state index contributed by atoms with van der Waals surface area (Å²) in [7, 11) is 0. The highest BCUT2D eigenvalue weighted by atomic mass is 16.5. The number of ether oxygens (including phenoxy) is 2. The van der Waals surface area contributed by atoms with Crippen LogP contribution in [0.15, 0.2) is 55.1 Å². The highest BCUT2D eigenvalue weighted by Crippen LogP contribution is 2.17. The van der Waals surface area contributed by atoms with Crippen LogP contribution >= 0.6 is 0 Å². The van der Waals surface area contributed by atoms with Gasteiger partial charge in [-0.2, -0.15) is 10.5 Å². The third kappa shape index (κ3) is 6.48. The Hall–Kier alpha value is -3.83. The maximum Gasteiger partial charge on any atom is 0.330 e. The lowest BCUT2D eigenvalue weighted by Crippen LogP contribution is -2.04. The van der Waals surface area contributed by atoms with Crippen LogP contribution in [0.2, 0.25) is 0 Å². The van der Waals surface area contributed by atoms with E-state index in [1.165, 1.54) is 0 Å². The van der Waals surface area contributed by atoms with Crippen molar-refractivity contribution in [1.82, 2.24) is 0 Å². The minimum Gasteiger partial charge on any atom is -0.494 e. The molecule has 28 heavy (non-hydrogen) atoms. The van der Waals surface area contributed by atoms with Gasteiger partial charge in [0.15, 0.2) is 0 Å². The molecule has 0 heterocycles. The fraction of sp³-hybridized carbons (Fsp3) is 0.174. The van der Waals surface area contributed by atoms with Gasteiger partial charge in [-0.15, -0.1) is 0 Å². The minimum atomic E-state index is -0.410. The zero-order chi connectivity index (χ0) is 20.2. The molecular formula is C23H20N2O3. The zero-order valence-corrected chi connectivity index (χ0v) is 15.4. The van der Waals surface area contributed by atoms with Gasteiger partial charge in [0, 0.05) is 6.08 Å². The zero-order valence-electron chi connectivity index (χ0n) is 15.4. The first-order chi connectivity index (χ1) is 13.7. The Balaban J connectivity index is 1.84. The van der Waals surface area contributed by atoms with Gasteiger partial charge in [0.25, 0.3) is 0 Å². The van der Waals surface area contributed by atoms with Gasteiger partial charge in [-0.1, -0.05) is 36.9 Å². The molecule has 0 fully saturated rings. The molecule has 0 aliphatic carbocycles. The summed E-state index contributed by atoms with van der Waals surface area (Å²) in [6.45, 7) is 4.24. The molecule has 0 atom stereocenters. The molecule has 0 saturated heterocycles. The number of carbonyl (C=O) groups excluding carboxylic acids is 1. The number of benzene rings is 2. The molecule has 0 N–H and O–H groups in total. The van der Waals surface area contributed by atoms with Crippen molar-refractivity contribution in [3.05, 3.63) is 77.4 Å². The number of esters is 1. The van der Waals surface area contributed by atoms with Gasteiger partial charge in [0.05, 0.1) is 36.5 Å². The van der Waals surface area contributed by atoms with Crippen LogP contribution in [0.25, 0.3) is 12.2 Å². The first-order valence-electron chi connectivity index (χ1n) is 8.80. The van der Waals surface area contributed by atoms with Crippen LogP contribution in [-0.2, 0) is 9.53 Å². The number of nitriles is 2. The molecular weight excluding hydrogens is 352 g/mol. The van der Waals surface area contributed by atoms with Crippen molar-refractivity contribution in [3.63, 3.8) is 0 Å². The third-order valence-corrected chi connectivity index (χ3v) is 3.86.